The predicted molar refractivity (Wildman–Crippen MR) is 105 cm³/mol. The lowest BCUT2D eigenvalue weighted by atomic mass is 9.82. The van der Waals surface area contributed by atoms with Crippen molar-refractivity contribution < 1.29 is 34.6 Å². The van der Waals surface area contributed by atoms with Crippen LogP contribution in [0.2, 0.25) is 6.32 Å². The fourth-order valence-electron chi connectivity index (χ4n) is 3.82. The Bertz CT molecular complexity index is 767. The minimum absolute atomic E-state index is 0.0266. The summed E-state index contributed by atoms with van der Waals surface area (Å²) in [6.07, 6.45) is 2.26. The van der Waals surface area contributed by atoms with E-state index in [-0.39, 0.29) is 42.1 Å². The van der Waals surface area contributed by atoms with Crippen molar-refractivity contribution >= 4 is 19.0 Å². The number of carbonyl (C=O) groups is 2. The lowest BCUT2D eigenvalue weighted by molar-refractivity contribution is -0.140. The molecule has 2 unspecified atom stereocenters. The number of aromatic hydroxyl groups is 1. The van der Waals surface area contributed by atoms with Gasteiger partial charge in [0.1, 0.15) is 23.2 Å². The fourth-order valence-corrected chi connectivity index (χ4v) is 3.82. The van der Waals surface area contributed by atoms with Crippen molar-refractivity contribution in [3.63, 3.8) is 0 Å². The Morgan fingerprint density at radius 1 is 1.28 bits per heavy atom. The quantitative estimate of drug-likeness (QED) is 0.387. The molecule has 9 nitrogen and oxygen atoms in total. The number of aryl methyl sites for hydroxylation is 1. The van der Waals surface area contributed by atoms with Gasteiger partial charge >= 0.3 is 13.1 Å². The highest BCUT2D eigenvalue weighted by Gasteiger charge is 2.35. The lowest BCUT2D eigenvalue weighted by Crippen LogP contribution is -2.57. The summed E-state index contributed by atoms with van der Waals surface area (Å²) < 4.78 is 5.72. The third kappa shape index (κ3) is 5.20. The molecule has 2 aliphatic heterocycles. The average molecular weight is 406 g/mol. The topological polar surface area (TPSA) is 140 Å². The molecule has 0 radical (unpaired) electrons. The second-order valence-corrected chi connectivity index (χ2v) is 7.86. The van der Waals surface area contributed by atoms with E-state index in [1.165, 1.54) is 12.1 Å². The summed E-state index contributed by atoms with van der Waals surface area (Å²) in [4.78, 5) is 25.6. The van der Waals surface area contributed by atoms with Gasteiger partial charge in [0.15, 0.2) is 0 Å². The largest absolute Gasteiger partial charge is 0.507 e. The molecule has 1 aromatic rings. The molecular weight excluding hydrogens is 379 g/mol. The van der Waals surface area contributed by atoms with Crippen LogP contribution in [0.3, 0.4) is 0 Å². The molecule has 0 spiro atoms. The molecular formula is C19H27BN2O7. The normalized spacial score (nSPS) is 21.7. The molecule has 5 N–H and O–H groups in total. The van der Waals surface area contributed by atoms with E-state index in [4.69, 9.17) is 14.8 Å². The zero-order valence-corrected chi connectivity index (χ0v) is 16.4. The minimum Gasteiger partial charge on any atom is -0.507 e. The number of likely N-dealkylation sites (tertiary alicyclic amines) is 1. The van der Waals surface area contributed by atoms with E-state index in [1.54, 1.807) is 4.90 Å². The van der Waals surface area contributed by atoms with Crippen LogP contribution in [0.25, 0.3) is 0 Å². The molecule has 0 saturated carbocycles. The third-order valence-electron chi connectivity index (χ3n) is 5.49. The van der Waals surface area contributed by atoms with Gasteiger partial charge in [-0.15, -0.1) is 0 Å². The molecule has 1 aromatic carbocycles. The van der Waals surface area contributed by atoms with Gasteiger partial charge in [-0.1, -0.05) is 6.07 Å². The van der Waals surface area contributed by atoms with Crippen LogP contribution in [0.1, 0.15) is 42.1 Å². The van der Waals surface area contributed by atoms with Crippen LogP contribution < -0.4 is 10.1 Å². The molecule has 2 fully saturated rings. The van der Waals surface area contributed by atoms with Gasteiger partial charge < -0.3 is 35.2 Å². The van der Waals surface area contributed by atoms with Crippen LogP contribution in [-0.4, -0.2) is 75.4 Å². The summed E-state index contributed by atoms with van der Waals surface area (Å²) in [6, 6.07) is 3.61. The van der Waals surface area contributed by atoms with Gasteiger partial charge in [-0.2, -0.15) is 0 Å². The molecule has 2 saturated heterocycles. The van der Waals surface area contributed by atoms with E-state index in [0.717, 1.165) is 12.8 Å². The van der Waals surface area contributed by atoms with Crippen LogP contribution in [0.15, 0.2) is 12.1 Å². The minimum atomic E-state index is -1.54. The van der Waals surface area contributed by atoms with Gasteiger partial charge in [0.2, 0.25) is 5.91 Å². The van der Waals surface area contributed by atoms with E-state index in [9.17, 15) is 19.8 Å². The summed E-state index contributed by atoms with van der Waals surface area (Å²) in [5.74, 6) is -1.69. The third-order valence-corrected chi connectivity index (χ3v) is 5.49. The Morgan fingerprint density at radius 3 is 2.59 bits per heavy atom. The first kappa shape index (κ1) is 21.4. The number of benzene rings is 1. The van der Waals surface area contributed by atoms with E-state index < -0.39 is 18.8 Å². The van der Waals surface area contributed by atoms with Gasteiger partial charge in [0, 0.05) is 18.5 Å². The van der Waals surface area contributed by atoms with Crippen molar-refractivity contribution in [1.82, 2.24) is 10.2 Å². The van der Waals surface area contributed by atoms with Crippen molar-refractivity contribution in [1.29, 1.82) is 0 Å². The van der Waals surface area contributed by atoms with E-state index in [1.807, 2.05) is 0 Å². The number of ether oxygens (including phenoxy) is 1. The Hall–Kier alpha value is -2.30. The number of nitrogens with zero attached hydrogens (tertiary/aromatic N) is 1. The highest BCUT2D eigenvalue weighted by Crippen LogP contribution is 2.34. The Morgan fingerprint density at radius 2 is 2.00 bits per heavy atom. The summed E-state index contributed by atoms with van der Waals surface area (Å²) in [7, 11) is -1.54. The first-order valence-electron chi connectivity index (χ1n) is 9.89. The smallest absolute Gasteiger partial charge is 0.451 e. The summed E-state index contributed by atoms with van der Waals surface area (Å²) in [6.45, 7) is 2.85. The van der Waals surface area contributed by atoms with E-state index in [2.05, 4.69) is 12.2 Å². The molecule has 10 heteroatoms. The van der Waals surface area contributed by atoms with Gasteiger partial charge in [-0.05, 0) is 44.1 Å². The van der Waals surface area contributed by atoms with Crippen LogP contribution in [0, 0.1) is 0 Å². The van der Waals surface area contributed by atoms with Crippen molar-refractivity contribution in [2.75, 3.05) is 13.1 Å². The maximum Gasteiger partial charge on any atom is 0.451 e. The maximum atomic E-state index is 12.3. The standard InChI is InChI=1S/C19H27BN2O7/c1-11-2-4-13(21-11)8-16(23)22-9-14(10-22)29-15-5-3-12(6-7-20(27)28)18(24)17(15)19(25)26/h3,5,11,13-14,21,24,27-28H,2,4,6-10H2,1H3,(H,25,26). The zero-order valence-electron chi connectivity index (χ0n) is 16.4. The SMILES string of the molecule is CC1CCC(CC(=O)N2CC(Oc3ccc(CCB(O)O)c(O)c3C(=O)O)C2)N1. The zero-order chi connectivity index (χ0) is 21.1. The molecule has 158 valence electrons. The van der Waals surface area contributed by atoms with Crippen molar-refractivity contribution in [3.05, 3.63) is 23.3 Å². The second-order valence-electron chi connectivity index (χ2n) is 7.86. The second kappa shape index (κ2) is 9.02. The lowest BCUT2D eigenvalue weighted by Gasteiger charge is -2.39. The molecule has 2 aliphatic rings. The van der Waals surface area contributed by atoms with Crippen molar-refractivity contribution in [3.8, 4) is 11.5 Å². The fraction of sp³-hybridized carbons (Fsp3) is 0.579. The molecule has 0 bridgehead atoms. The number of rotatable bonds is 8. The number of phenols is 1. The van der Waals surface area contributed by atoms with Crippen LogP contribution in [-0.2, 0) is 11.2 Å². The van der Waals surface area contributed by atoms with Crippen molar-refractivity contribution in [2.45, 2.75) is 57.1 Å². The Kier molecular flexibility index (Phi) is 6.66. The number of hydrogen-bond acceptors (Lipinski definition) is 7. The van der Waals surface area contributed by atoms with Crippen LogP contribution in [0.4, 0.5) is 0 Å². The highest BCUT2D eigenvalue weighted by atomic mass is 16.5. The summed E-state index contributed by atoms with van der Waals surface area (Å²) in [5, 5.41) is 41.1. The van der Waals surface area contributed by atoms with Gasteiger partial charge in [0.25, 0.3) is 0 Å². The number of hydrogen-bond donors (Lipinski definition) is 5. The monoisotopic (exact) mass is 406 g/mol. The summed E-state index contributed by atoms with van der Waals surface area (Å²) >= 11 is 0. The number of carboxylic acids is 1. The number of nitrogens with one attached hydrogen (secondary N) is 1. The van der Waals surface area contributed by atoms with E-state index in [0.29, 0.717) is 31.1 Å². The van der Waals surface area contributed by atoms with Gasteiger partial charge in [-0.3, -0.25) is 4.79 Å². The molecule has 3 rings (SSSR count). The predicted octanol–water partition coefficient (Wildman–Crippen LogP) is 0.226. The van der Waals surface area contributed by atoms with Crippen LogP contribution >= 0.6 is 0 Å². The Labute approximate surface area is 169 Å². The first-order chi connectivity index (χ1) is 13.7. The summed E-state index contributed by atoms with van der Waals surface area (Å²) in [5.41, 5.74) is -0.0598. The van der Waals surface area contributed by atoms with Crippen LogP contribution in [0.5, 0.6) is 11.5 Å². The molecule has 1 amide bonds. The van der Waals surface area contributed by atoms with Gasteiger partial charge in [0.05, 0.1) is 13.1 Å². The highest BCUT2D eigenvalue weighted by molar-refractivity contribution is 6.41. The molecule has 2 atom stereocenters. The molecule has 2 heterocycles. The van der Waals surface area contributed by atoms with Gasteiger partial charge in [-0.25, -0.2) is 4.79 Å². The average Bonchev–Trinajstić information content (AvgIpc) is 3.00. The molecule has 0 aromatic heterocycles. The molecule has 0 aliphatic carbocycles. The maximum absolute atomic E-state index is 12.3. The number of amides is 1. The number of carboxylic acid groups (broad SMARTS) is 1. The Balaban J connectivity index is 1.57. The van der Waals surface area contributed by atoms with E-state index >= 15 is 0 Å². The van der Waals surface area contributed by atoms with Crippen molar-refractivity contribution in [2.24, 2.45) is 0 Å². The number of carbonyl (C=O) groups excluding carboxylic acids is 1. The molecule has 29 heavy (non-hydrogen) atoms. The first-order valence-corrected chi connectivity index (χ1v) is 9.89. The number of aromatic carboxylic acids is 1.